The van der Waals surface area contributed by atoms with Gasteiger partial charge < -0.3 is 35.8 Å². The number of aliphatic hydroxyl groups is 1. The maximum atomic E-state index is 15.5. The lowest BCUT2D eigenvalue weighted by Crippen LogP contribution is -2.47. The predicted molar refractivity (Wildman–Crippen MR) is 200 cm³/mol. The molecule has 0 aliphatic carbocycles. The number of nitrogens with zero attached hydrogens (tertiary/aromatic N) is 4. The molecule has 12 nitrogen and oxygen atoms in total. The van der Waals surface area contributed by atoms with E-state index in [-0.39, 0.29) is 24.8 Å². The molecule has 0 spiro atoms. The number of carbonyl (C=O) groups is 2. The maximum Gasteiger partial charge on any atom is 0.407 e. The van der Waals surface area contributed by atoms with E-state index < -0.39 is 35.9 Å². The molecule has 282 valence electrons. The van der Waals surface area contributed by atoms with Gasteiger partial charge in [0.2, 0.25) is 5.91 Å². The number of nitrogens with two attached hydrogens (primary N) is 1. The van der Waals surface area contributed by atoms with Gasteiger partial charge in [-0.05, 0) is 65.0 Å². The van der Waals surface area contributed by atoms with Gasteiger partial charge >= 0.3 is 11.8 Å². The van der Waals surface area contributed by atoms with Crippen molar-refractivity contribution in [3.8, 4) is 0 Å². The van der Waals surface area contributed by atoms with Crippen molar-refractivity contribution in [2.24, 2.45) is 0 Å². The summed E-state index contributed by atoms with van der Waals surface area (Å²) < 4.78 is 22.0. The Morgan fingerprint density at radius 2 is 1.53 bits per heavy atom. The van der Waals surface area contributed by atoms with Gasteiger partial charge in [0.25, 0.3) is 0 Å². The molecular formula is C38H57FN6O6. The highest BCUT2D eigenvalue weighted by Gasteiger charge is 2.55. The summed E-state index contributed by atoms with van der Waals surface area (Å²) in [5.74, 6) is -0.115. The number of hydrogen-bond donors (Lipinski definition) is 4. The Morgan fingerprint density at radius 1 is 0.980 bits per heavy atom. The Bertz CT molecular complexity index is 1440. The average Bonchev–Trinajstić information content (AvgIpc) is 3.30. The van der Waals surface area contributed by atoms with Crippen LogP contribution in [0.1, 0.15) is 71.4 Å². The molecule has 0 radical (unpaired) electrons. The number of ether oxygens (including phenoxy) is 1. The summed E-state index contributed by atoms with van der Waals surface area (Å²) in [5.41, 5.74) is 2.26. The Labute approximate surface area is 301 Å². The van der Waals surface area contributed by atoms with Gasteiger partial charge in [-0.2, -0.15) is 4.98 Å². The van der Waals surface area contributed by atoms with Gasteiger partial charge in [-0.15, -0.1) is 0 Å². The van der Waals surface area contributed by atoms with Crippen LogP contribution in [-0.4, -0.2) is 99.2 Å². The van der Waals surface area contributed by atoms with E-state index >= 15 is 4.39 Å². The lowest BCUT2D eigenvalue weighted by molar-refractivity contribution is -0.121. The molecule has 4 atom stereocenters. The number of rotatable bonds is 23. The van der Waals surface area contributed by atoms with Crippen LogP contribution in [0.15, 0.2) is 90.0 Å². The Morgan fingerprint density at radius 3 is 2.06 bits per heavy atom. The Balaban J connectivity index is 1.59. The molecule has 0 bridgehead atoms. The van der Waals surface area contributed by atoms with Crippen molar-refractivity contribution in [1.82, 2.24) is 24.7 Å². The number of anilines is 1. The highest BCUT2D eigenvalue weighted by molar-refractivity contribution is 5.75. The van der Waals surface area contributed by atoms with Crippen LogP contribution in [0.5, 0.6) is 0 Å². The van der Waals surface area contributed by atoms with Gasteiger partial charge in [0.05, 0.1) is 6.54 Å². The summed E-state index contributed by atoms with van der Waals surface area (Å²) in [5, 5.41) is 23.2. The van der Waals surface area contributed by atoms with Crippen LogP contribution in [0.3, 0.4) is 0 Å². The first-order valence-corrected chi connectivity index (χ1v) is 17.7. The van der Waals surface area contributed by atoms with Gasteiger partial charge in [0.15, 0.2) is 11.9 Å². The van der Waals surface area contributed by atoms with Crippen molar-refractivity contribution in [2.75, 3.05) is 45.5 Å². The van der Waals surface area contributed by atoms with E-state index in [0.717, 1.165) is 54.9 Å². The van der Waals surface area contributed by atoms with Crippen LogP contribution in [0, 0.1) is 0 Å². The van der Waals surface area contributed by atoms with Crippen molar-refractivity contribution >= 4 is 17.8 Å². The quantitative estimate of drug-likeness (QED) is 0.110. The molecule has 1 aromatic rings. The van der Waals surface area contributed by atoms with Crippen LogP contribution in [0.2, 0.25) is 0 Å². The molecule has 0 aromatic carbocycles. The number of amides is 2. The fraction of sp³-hybridized carbons (Fsp3) is 0.526. The molecule has 1 aliphatic rings. The number of aromatic nitrogens is 2. The summed E-state index contributed by atoms with van der Waals surface area (Å²) in [4.78, 5) is 42.9. The molecule has 1 saturated heterocycles. The van der Waals surface area contributed by atoms with Crippen LogP contribution in [0.25, 0.3) is 0 Å². The summed E-state index contributed by atoms with van der Waals surface area (Å²) >= 11 is 0. The van der Waals surface area contributed by atoms with Gasteiger partial charge in [0.1, 0.15) is 18.0 Å². The van der Waals surface area contributed by atoms with E-state index in [9.17, 15) is 24.6 Å². The van der Waals surface area contributed by atoms with E-state index in [1.54, 1.807) is 7.05 Å². The average molecular weight is 713 g/mol. The highest BCUT2D eigenvalue weighted by atomic mass is 19.1. The molecule has 2 rings (SSSR count). The molecule has 1 aliphatic heterocycles. The number of hydrogen-bond acceptors (Lipinski definition) is 8. The molecule has 1 aromatic heterocycles. The largest absolute Gasteiger partial charge is 0.465 e. The van der Waals surface area contributed by atoms with Crippen molar-refractivity contribution < 1.29 is 28.9 Å². The number of halogens is 1. The van der Waals surface area contributed by atoms with Crippen molar-refractivity contribution in [1.29, 1.82) is 0 Å². The molecule has 2 heterocycles. The molecule has 51 heavy (non-hydrogen) atoms. The molecular weight excluding hydrogens is 655 g/mol. The number of carbonyl (C=O) groups excluding carboxylic acids is 1. The van der Waals surface area contributed by atoms with E-state index in [1.807, 2.05) is 17.1 Å². The molecule has 0 unspecified atom stereocenters. The molecule has 0 saturated carbocycles. The summed E-state index contributed by atoms with van der Waals surface area (Å²) in [6, 6.07) is 1.30. The van der Waals surface area contributed by atoms with Gasteiger partial charge in [-0.1, -0.05) is 79.8 Å². The van der Waals surface area contributed by atoms with Crippen LogP contribution in [-0.2, 0) is 9.53 Å². The number of aliphatic hydroxyl groups excluding tert-OH is 1. The predicted octanol–water partition coefficient (Wildman–Crippen LogP) is 5.32. The Hall–Kier alpha value is -4.33. The van der Waals surface area contributed by atoms with E-state index in [1.165, 1.54) is 12.3 Å². The first-order chi connectivity index (χ1) is 24.5. The second-order valence-corrected chi connectivity index (χ2v) is 12.5. The molecule has 5 N–H and O–H groups in total. The number of likely N-dealkylation sites (N-methyl/N-ethyl adjacent to an activating group) is 1. The first kappa shape index (κ1) is 42.8. The second-order valence-electron chi connectivity index (χ2n) is 12.5. The van der Waals surface area contributed by atoms with E-state index in [4.69, 9.17) is 10.5 Å². The zero-order valence-corrected chi connectivity index (χ0v) is 30.3. The Kier molecular flexibility index (Phi) is 20.1. The minimum absolute atomic E-state index is 0.0476. The number of alkyl halides is 1. The van der Waals surface area contributed by atoms with E-state index in [2.05, 4.69) is 78.0 Å². The van der Waals surface area contributed by atoms with E-state index in [0.29, 0.717) is 32.5 Å². The maximum absolute atomic E-state index is 15.5. The fourth-order valence-corrected chi connectivity index (χ4v) is 5.18. The topological polar surface area (TPSA) is 163 Å². The minimum Gasteiger partial charge on any atom is -0.465 e. The van der Waals surface area contributed by atoms with Crippen LogP contribution >= 0.6 is 0 Å². The van der Waals surface area contributed by atoms with Crippen molar-refractivity contribution in [3.63, 3.8) is 0 Å². The monoisotopic (exact) mass is 712 g/mol. The summed E-state index contributed by atoms with van der Waals surface area (Å²) in [6.45, 7) is 4.15. The number of nitrogen functional groups attached to an aromatic ring is 1. The SMILES string of the molecule is CCC=CCC=CCC=CCC=CCC=CCC=CCCC(=O)NCCN(C)CCN(C[C@H]1O[C@@H](n2ccc(N)nc2=O)[C@](C)(F)[C@@H]1O)C(=O)O. The zero-order chi connectivity index (χ0) is 37.5. The summed E-state index contributed by atoms with van der Waals surface area (Å²) in [6.07, 6.45) is 27.9. The first-order valence-electron chi connectivity index (χ1n) is 17.7. The third-order valence-corrected chi connectivity index (χ3v) is 8.19. The van der Waals surface area contributed by atoms with Crippen molar-refractivity contribution in [3.05, 3.63) is 95.7 Å². The third-order valence-electron chi connectivity index (χ3n) is 8.19. The second kappa shape index (κ2) is 24.0. The van der Waals surface area contributed by atoms with Gasteiger partial charge in [-0.3, -0.25) is 9.36 Å². The minimum atomic E-state index is -2.39. The smallest absolute Gasteiger partial charge is 0.407 e. The fourth-order valence-electron chi connectivity index (χ4n) is 5.18. The lowest BCUT2D eigenvalue weighted by Gasteiger charge is -2.27. The highest BCUT2D eigenvalue weighted by Crippen LogP contribution is 2.40. The third kappa shape index (κ3) is 16.5. The number of nitrogens with one attached hydrogen (secondary N) is 1. The normalized spacial score (nSPS) is 21.2. The zero-order valence-electron chi connectivity index (χ0n) is 30.3. The number of allylic oxidation sites excluding steroid dienone is 12. The van der Waals surface area contributed by atoms with Crippen LogP contribution in [0.4, 0.5) is 15.0 Å². The standard InChI is InChI=1S/C38H57FN6O6/c1-4-5-6-7-8-9-10-11-12-13-14-15-16-17-18-19-20-21-22-23-33(46)41-25-27-43(3)28-29-44(37(49)50)30-31-34(47)38(2,39)35(51-31)45-26-24-32(40)42-36(45)48/h5-6,8-9,11-12,14-15,17-18,20-21,24,26,31,34-35,47H,4,7,10,13,16,19,22-23,25,27-30H2,1-3H3,(H,41,46)(H,49,50)(H2,40,42,48)/t31-,34-,35-,38-/m1/s1. The molecule has 1 fully saturated rings. The summed E-state index contributed by atoms with van der Waals surface area (Å²) in [7, 11) is 1.79. The molecule has 13 heteroatoms. The van der Waals surface area contributed by atoms with Crippen molar-refractivity contribution in [2.45, 2.75) is 89.3 Å². The van der Waals surface area contributed by atoms with Gasteiger partial charge in [-0.25, -0.2) is 14.0 Å². The van der Waals surface area contributed by atoms with Crippen LogP contribution < -0.4 is 16.7 Å². The lowest BCUT2D eigenvalue weighted by atomic mass is 9.98. The number of carboxylic acid groups (broad SMARTS) is 1. The molecule has 2 amide bonds. The van der Waals surface area contributed by atoms with Gasteiger partial charge in [0, 0.05) is 38.8 Å².